The smallest absolute Gasteiger partial charge is 0.160 e. The molecule has 1 heterocycles. The second-order valence-corrected chi connectivity index (χ2v) is 3.61. The fourth-order valence-corrected chi connectivity index (χ4v) is 1.55. The summed E-state index contributed by atoms with van der Waals surface area (Å²) in [6.45, 7) is 1.97. The minimum absolute atomic E-state index is 0.907. The third-order valence-corrected chi connectivity index (χ3v) is 1.86. The molecule has 7 heavy (non-hydrogen) atoms. The van der Waals surface area contributed by atoms with Crippen molar-refractivity contribution in [2.75, 3.05) is 0 Å². The molecule has 3 heteroatoms. The van der Waals surface area contributed by atoms with Gasteiger partial charge in [-0.3, -0.25) is 0 Å². The van der Waals surface area contributed by atoms with Crippen molar-refractivity contribution in [3.05, 3.63) is 15.0 Å². The van der Waals surface area contributed by atoms with Crippen molar-refractivity contribution < 1.29 is 0 Å². The first-order chi connectivity index (χ1) is 3.29. The molecule has 0 aliphatic heterocycles. The van der Waals surface area contributed by atoms with E-state index in [1.54, 1.807) is 11.3 Å². The van der Waals surface area contributed by atoms with Crippen molar-refractivity contribution >= 4 is 27.3 Å². The lowest BCUT2D eigenvalue weighted by Gasteiger charge is -1.66. The van der Waals surface area contributed by atoms with Gasteiger partial charge in [0.25, 0.3) is 0 Å². The monoisotopic (exact) mass is 176 g/mol. The number of hydrogen-bond donors (Lipinski definition) is 0. The summed E-state index contributed by atoms with van der Waals surface area (Å²) >= 11 is 4.80. The highest BCUT2D eigenvalue weighted by atomic mass is 79.9. The Balaban J connectivity index is 3.04. The van der Waals surface area contributed by atoms with Crippen molar-refractivity contribution in [1.82, 2.24) is 4.98 Å². The zero-order chi connectivity index (χ0) is 5.28. The van der Waals surface area contributed by atoms with Crippen LogP contribution in [0.4, 0.5) is 0 Å². The van der Waals surface area contributed by atoms with Gasteiger partial charge < -0.3 is 0 Å². The van der Waals surface area contributed by atoms with E-state index in [1.807, 2.05) is 6.92 Å². The predicted octanol–water partition coefficient (Wildman–Crippen LogP) is 2.01. The summed E-state index contributed by atoms with van der Waals surface area (Å²) in [5, 5.41) is 0. The van der Waals surface area contributed by atoms with E-state index in [9.17, 15) is 0 Å². The van der Waals surface area contributed by atoms with Crippen LogP contribution in [-0.4, -0.2) is 4.98 Å². The molecule has 0 unspecified atom stereocenters. The van der Waals surface area contributed by atoms with Crippen molar-refractivity contribution in [3.8, 4) is 0 Å². The van der Waals surface area contributed by atoms with Gasteiger partial charge >= 0.3 is 0 Å². The molecule has 37 valence electrons. The second-order valence-electron chi connectivity index (χ2n) is 1.13. The normalized spacial score (nSPS) is 9.43. The van der Waals surface area contributed by atoms with E-state index in [4.69, 9.17) is 0 Å². The number of rotatable bonds is 0. The fraction of sp³-hybridized carbons (Fsp3) is 0.250. The lowest BCUT2D eigenvalue weighted by atomic mass is 10.7. The van der Waals surface area contributed by atoms with Gasteiger partial charge in [0.05, 0.1) is 0 Å². The summed E-state index contributed by atoms with van der Waals surface area (Å²) in [4.78, 5) is 4.94. The largest absolute Gasteiger partial charge is 0.227 e. The predicted molar refractivity (Wildman–Crippen MR) is 33.4 cm³/mol. The van der Waals surface area contributed by atoms with Gasteiger partial charge in [-0.15, -0.1) is 11.3 Å². The Bertz CT molecular complexity index is 144. The molecule has 1 aromatic heterocycles. The maximum absolute atomic E-state index is 3.83. The van der Waals surface area contributed by atoms with Gasteiger partial charge in [-0.25, -0.2) is 4.98 Å². The molecule has 0 amide bonds. The van der Waals surface area contributed by atoms with Crippen LogP contribution in [0, 0.1) is 13.1 Å². The van der Waals surface area contributed by atoms with Crippen molar-refractivity contribution in [2.45, 2.75) is 6.92 Å². The highest BCUT2D eigenvalue weighted by molar-refractivity contribution is 9.11. The first-order valence-corrected chi connectivity index (χ1v) is 3.40. The van der Waals surface area contributed by atoms with Crippen LogP contribution in [0.3, 0.4) is 0 Å². The van der Waals surface area contributed by atoms with Crippen LogP contribution < -0.4 is 0 Å². The van der Waals surface area contributed by atoms with E-state index >= 15 is 0 Å². The number of thiazole rings is 1. The standard InChI is InChI=1S/C4H3BrNS/c1-3-2-6-4(5)7-3/h1H3. The number of hydrogen-bond acceptors (Lipinski definition) is 2. The summed E-state index contributed by atoms with van der Waals surface area (Å²) in [6, 6.07) is 0. The molecule has 1 rings (SSSR count). The number of aryl methyl sites for hydroxylation is 1. The molecule has 1 radical (unpaired) electrons. The third-order valence-electron chi connectivity index (χ3n) is 0.539. The number of halogens is 1. The lowest BCUT2D eigenvalue weighted by Crippen LogP contribution is -1.53. The molecule has 1 nitrogen and oxygen atoms in total. The quantitative estimate of drug-likeness (QED) is 0.590. The molecule has 0 aromatic carbocycles. The first-order valence-electron chi connectivity index (χ1n) is 1.79. The van der Waals surface area contributed by atoms with Crippen LogP contribution in [0.1, 0.15) is 4.88 Å². The summed E-state index contributed by atoms with van der Waals surface area (Å²) in [5.74, 6) is 0. The van der Waals surface area contributed by atoms with E-state index in [-0.39, 0.29) is 0 Å². The molecule has 0 saturated carbocycles. The molecule has 0 spiro atoms. The Kier molecular flexibility index (Phi) is 1.44. The fourth-order valence-electron chi connectivity index (χ4n) is 0.295. The number of nitrogens with zero attached hydrogens (tertiary/aromatic N) is 1. The van der Waals surface area contributed by atoms with Gasteiger partial charge in [0, 0.05) is 4.88 Å². The Labute approximate surface area is 54.5 Å². The van der Waals surface area contributed by atoms with E-state index in [0.29, 0.717) is 0 Å². The molecular weight excluding hydrogens is 174 g/mol. The molecule has 0 aliphatic rings. The van der Waals surface area contributed by atoms with Gasteiger partial charge in [0.2, 0.25) is 0 Å². The maximum Gasteiger partial charge on any atom is 0.160 e. The average molecular weight is 177 g/mol. The Morgan fingerprint density at radius 2 is 2.57 bits per heavy atom. The third kappa shape index (κ3) is 1.24. The van der Waals surface area contributed by atoms with Crippen molar-refractivity contribution in [2.24, 2.45) is 0 Å². The van der Waals surface area contributed by atoms with Crippen molar-refractivity contribution in [3.63, 3.8) is 0 Å². The Hall–Kier alpha value is 0.110. The topological polar surface area (TPSA) is 12.9 Å². The molecular formula is C4H3BrNS. The van der Waals surface area contributed by atoms with Gasteiger partial charge in [0.15, 0.2) is 3.92 Å². The lowest BCUT2D eigenvalue weighted by molar-refractivity contribution is 1.33. The molecule has 0 atom stereocenters. The SMILES string of the molecule is Cc1[c]nc(Br)s1. The summed E-state index contributed by atoms with van der Waals surface area (Å²) in [5.41, 5.74) is 0. The van der Waals surface area contributed by atoms with Gasteiger partial charge in [-0.2, -0.15) is 0 Å². The van der Waals surface area contributed by atoms with Crippen LogP contribution >= 0.6 is 27.3 Å². The van der Waals surface area contributed by atoms with Crippen LogP contribution in [-0.2, 0) is 0 Å². The highest BCUT2D eigenvalue weighted by Gasteiger charge is 1.89. The highest BCUT2D eigenvalue weighted by Crippen LogP contribution is 2.15. The summed E-state index contributed by atoms with van der Waals surface area (Å²) in [7, 11) is 0. The minimum atomic E-state index is 0.907. The minimum Gasteiger partial charge on any atom is -0.227 e. The maximum atomic E-state index is 3.83. The zero-order valence-electron chi connectivity index (χ0n) is 3.73. The van der Waals surface area contributed by atoms with Crippen LogP contribution in [0.2, 0.25) is 0 Å². The summed E-state index contributed by atoms with van der Waals surface area (Å²) in [6.07, 6.45) is 2.79. The molecule has 0 aliphatic carbocycles. The summed E-state index contributed by atoms with van der Waals surface area (Å²) < 4.78 is 0.907. The van der Waals surface area contributed by atoms with E-state index in [1.165, 1.54) is 0 Å². The van der Waals surface area contributed by atoms with E-state index < -0.39 is 0 Å². The van der Waals surface area contributed by atoms with Crippen LogP contribution in [0.25, 0.3) is 0 Å². The zero-order valence-corrected chi connectivity index (χ0v) is 6.14. The molecule has 0 bridgehead atoms. The van der Waals surface area contributed by atoms with Crippen LogP contribution in [0.15, 0.2) is 3.92 Å². The van der Waals surface area contributed by atoms with Gasteiger partial charge in [-0.1, -0.05) is 0 Å². The van der Waals surface area contributed by atoms with E-state index in [2.05, 4.69) is 27.1 Å². The van der Waals surface area contributed by atoms with Crippen LogP contribution in [0.5, 0.6) is 0 Å². The van der Waals surface area contributed by atoms with Gasteiger partial charge in [0.1, 0.15) is 6.20 Å². The molecule has 0 fully saturated rings. The number of aromatic nitrogens is 1. The molecule has 0 N–H and O–H groups in total. The van der Waals surface area contributed by atoms with Crippen molar-refractivity contribution in [1.29, 1.82) is 0 Å². The first kappa shape index (κ1) is 5.25. The molecule has 1 aromatic rings. The average Bonchev–Trinajstić information content (AvgIpc) is 1.87. The Morgan fingerprint density at radius 3 is 2.71 bits per heavy atom. The van der Waals surface area contributed by atoms with Gasteiger partial charge in [-0.05, 0) is 22.9 Å². The second kappa shape index (κ2) is 1.92. The Morgan fingerprint density at radius 1 is 1.86 bits per heavy atom. The van der Waals surface area contributed by atoms with E-state index in [0.717, 1.165) is 8.79 Å². The molecule has 0 saturated heterocycles.